The van der Waals surface area contributed by atoms with Gasteiger partial charge in [-0.2, -0.15) is 0 Å². The van der Waals surface area contributed by atoms with Crippen molar-refractivity contribution in [1.82, 2.24) is 9.88 Å². The van der Waals surface area contributed by atoms with Gasteiger partial charge in [-0.25, -0.2) is 4.98 Å². The number of likely N-dealkylation sites (tertiary alicyclic amines) is 1. The lowest BCUT2D eigenvalue weighted by Gasteiger charge is -2.42. The van der Waals surface area contributed by atoms with Crippen LogP contribution in [0.1, 0.15) is 25.1 Å². The van der Waals surface area contributed by atoms with Crippen molar-refractivity contribution >= 4 is 28.9 Å². The first kappa shape index (κ1) is 17.9. The molecule has 0 aromatic carbocycles. The Morgan fingerprint density at radius 2 is 2.09 bits per heavy atom. The lowest BCUT2D eigenvalue weighted by molar-refractivity contribution is 0.0906. The molecular formula is C15H27ClN4OS. The Morgan fingerprint density at radius 3 is 2.77 bits per heavy atom. The first-order valence-corrected chi connectivity index (χ1v) is 8.61. The van der Waals surface area contributed by atoms with Crippen LogP contribution < -0.4 is 10.6 Å². The van der Waals surface area contributed by atoms with Gasteiger partial charge < -0.3 is 15.4 Å². The van der Waals surface area contributed by atoms with Crippen molar-refractivity contribution in [3.05, 3.63) is 11.1 Å². The van der Waals surface area contributed by atoms with Crippen LogP contribution in [0.4, 0.5) is 5.13 Å². The average Bonchev–Trinajstić information content (AvgIpc) is 2.92. The summed E-state index contributed by atoms with van der Waals surface area (Å²) in [6.07, 6.45) is 3.12. The summed E-state index contributed by atoms with van der Waals surface area (Å²) in [5, 5.41) is 1.14. The molecule has 0 spiro atoms. The molecule has 1 aromatic heterocycles. The van der Waals surface area contributed by atoms with Gasteiger partial charge in [0.2, 0.25) is 0 Å². The SMILES string of the molecule is CC1(C)CN(Cc2cnc(N3CCOCC3)s2)CCC1N.Cl. The molecule has 5 nitrogen and oxygen atoms in total. The summed E-state index contributed by atoms with van der Waals surface area (Å²) in [5.41, 5.74) is 6.42. The molecule has 126 valence electrons. The molecule has 3 rings (SSSR count). The fourth-order valence-corrected chi connectivity index (χ4v) is 4.12. The molecule has 0 saturated carbocycles. The van der Waals surface area contributed by atoms with Gasteiger partial charge in [0.1, 0.15) is 0 Å². The predicted octanol–water partition coefficient (Wildman–Crippen LogP) is 1.96. The van der Waals surface area contributed by atoms with E-state index >= 15 is 0 Å². The molecule has 2 saturated heterocycles. The van der Waals surface area contributed by atoms with Crippen molar-refractivity contribution in [2.45, 2.75) is 32.9 Å². The summed E-state index contributed by atoms with van der Waals surface area (Å²) < 4.78 is 5.40. The van der Waals surface area contributed by atoms with Crippen LogP contribution in [0.2, 0.25) is 0 Å². The van der Waals surface area contributed by atoms with Crippen molar-refractivity contribution in [2.24, 2.45) is 11.1 Å². The Morgan fingerprint density at radius 1 is 1.36 bits per heavy atom. The molecule has 0 bridgehead atoms. The molecule has 2 aliphatic rings. The topological polar surface area (TPSA) is 54.6 Å². The summed E-state index contributed by atoms with van der Waals surface area (Å²) >= 11 is 1.82. The van der Waals surface area contributed by atoms with Crippen molar-refractivity contribution in [2.75, 3.05) is 44.3 Å². The molecule has 1 unspecified atom stereocenters. The zero-order valence-electron chi connectivity index (χ0n) is 13.5. The molecule has 2 N–H and O–H groups in total. The van der Waals surface area contributed by atoms with Gasteiger partial charge in [0, 0.05) is 49.8 Å². The lowest BCUT2D eigenvalue weighted by atomic mass is 9.80. The van der Waals surface area contributed by atoms with Crippen molar-refractivity contribution < 1.29 is 4.74 Å². The van der Waals surface area contributed by atoms with Crippen LogP contribution >= 0.6 is 23.7 Å². The highest BCUT2D eigenvalue weighted by atomic mass is 35.5. The van der Waals surface area contributed by atoms with Crippen LogP contribution in [0.25, 0.3) is 0 Å². The number of morpholine rings is 1. The Labute approximate surface area is 143 Å². The minimum absolute atomic E-state index is 0. The van der Waals surface area contributed by atoms with Crippen LogP contribution in [0, 0.1) is 5.41 Å². The maximum atomic E-state index is 6.21. The van der Waals surface area contributed by atoms with Crippen LogP contribution in [0.15, 0.2) is 6.20 Å². The quantitative estimate of drug-likeness (QED) is 0.906. The third-order valence-corrected chi connectivity index (χ3v) is 5.64. The number of rotatable bonds is 3. The monoisotopic (exact) mass is 346 g/mol. The summed E-state index contributed by atoms with van der Waals surface area (Å²) in [4.78, 5) is 10.8. The molecule has 3 heterocycles. The van der Waals surface area contributed by atoms with E-state index in [9.17, 15) is 0 Å². The smallest absolute Gasteiger partial charge is 0.185 e. The van der Waals surface area contributed by atoms with E-state index in [1.807, 2.05) is 17.5 Å². The van der Waals surface area contributed by atoms with Gasteiger partial charge in [0.15, 0.2) is 5.13 Å². The molecule has 7 heteroatoms. The van der Waals surface area contributed by atoms with E-state index in [4.69, 9.17) is 10.5 Å². The number of nitrogens with two attached hydrogens (primary N) is 1. The standard InChI is InChI=1S/C15H26N4OS.ClH/c1-15(2)11-18(4-3-13(15)16)10-12-9-17-14(21-12)19-5-7-20-8-6-19;/h9,13H,3-8,10-11,16H2,1-2H3;1H. The molecule has 0 aliphatic carbocycles. The summed E-state index contributed by atoms with van der Waals surface area (Å²) in [7, 11) is 0. The largest absolute Gasteiger partial charge is 0.378 e. The number of hydrogen-bond acceptors (Lipinski definition) is 6. The van der Waals surface area contributed by atoms with Crippen LogP contribution in [-0.4, -0.2) is 55.3 Å². The molecule has 1 aromatic rings. The minimum atomic E-state index is 0. The number of anilines is 1. The third kappa shape index (κ3) is 4.11. The van der Waals surface area contributed by atoms with Crippen molar-refractivity contribution in [3.8, 4) is 0 Å². The first-order chi connectivity index (χ1) is 10.0. The molecule has 1 atom stereocenters. The number of hydrogen-bond donors (Lipinski definition) is 1. The second kappa shape index (κ2) is 7.45. The summed E-state index contributed by atoms with van der Waals surface area (Å²) in [6, 6.07) is 0.319. The van der Waals surface area contributed by atoms with E-state index in [0.717, 1.165) is 57.5 Å². The molecule has 0 amide bonds. The van der Waals surface area contributed by atoms with Crippen LogP contribution in [-0.2, 0) is 11.3 Å². The van der Waals surface area contributed by atoms with Crippen molar-refractivity contribution in [1.29, 1.82) is 0 Å². The maximum Gasteiger partial charge on any atom is 0.185 e. The number of ether oxygens (including phenoxy) is 1. The fourth-order valence-electron chi connectivity index (χ4n) is 3.11. The number of piperidine rings is 1. The Bertz CT molecular complexity index is 476. The van der Waals surface area contributed by atoms with Crippen LogP contribution in [0.3, 0.4) is 0 Å². The molecule has 2 aliphatic heterocycles. The molecule has 0 radical (unpaired) electrons. The van der Waals surface area contributed by atoms with E-state index in [2.05, 4.69) is 28.6 Å². The highest BCUT2D eigenvalue weighted by Crippen LogP contribution is 2.30. The fraction of sp³-hybridized carbons (Fsp3) is 0.800. The first-order valence-electron chi connectivity index (χ1n) is 7.80. The zero-order valence-corrected chi connectivity index (χ0v) is 15.1. The van der Waals surface area contributed by atoms with E-state index in [-0.39, 0.29) is 17.8 Å². The van der Waals surface area contributed by atoms with Gasteiger partial charge >= 0.3 is 0 Å². The van der Waals surface area contributed by atoms with E-state index in [0.29, 0.717) is 6.04 Å². The zero-order chi connectivity index (χ0) is 14.9. The highest BCUT2D eigenvalue weighted by molar-refractivity contribution is 7.15. The predicted molar refractivity (Wildman–Crippen MR) is 94.0 cm³/mol. The maximum absolute atomic E-state index is 6.21. The summed E-state index contributed by atoms with van der Waals surface area (Å²) in [6.45, 7) is 11.2. The van der Waals surface area contributed by atoms with E-state index < -0.39 is 0 Å². The second-order valence-electron chi connectivity index (χ2n) is 6.80. The number of thiazole rings is 1. The molecule has 22 heavy (non-hydrogen) atoms. The number of nitrogens with zero attached hydrogens (tertiary/aromatic N) is 3. The summed E-state index contributed by atoms with van der Waals surface area (Å²) in [5.74, 6) is 0. The van der Waals surface area contributed by atoms with Gasteiger partial charge in [-0.1, -0.05) is 13.8 Å². The van der Waals surface area contributed by atoms with Gasteiger partial charge in [-0.05, 0) is 11.8 Å². The van der Waals surface area contributed by atoms with E-state index in [1.165, 1.54) is 4.88 Å². The highest BCUT2D eigenvalue weighted by Gasteiger charge is 2.33. The van der Waals surface area contributed by atoms with E-state index in [1.54, 1.807) is 0 Å². The Kier molecular flexibility index (Phi) is 6.07. The lowest BCUT2D eigenvalue weighted by Crippen LogP contribution is -2.51. The van der Waals surface area contributed by atoms with Crippen molar-refractivity contribution in [3.63, 3.8) is 0 Å². The van der Waals surface area contributed by atoms with Gasteiger partial charge in [0.25, 0.3) is 0 Å². The molecule has 2 fully saturated rings. The van der Waals surface area contributed by atoms with Gasteiger partial charge in [-0.3, -0.25) is 4.90 Å². The minimum Gasteiger partial charge on any atom is -0.378 e. The Balaban J connectivity index is 0.00000176. The third-order valence-electron chi connectivity index (χ3n) is 4.59. The normalized spacial score (nSPS) is 25.8. The average molecular weight is 347 g/mol. The second-order valence-corrected chi connectivity index (χ2v) is 7.90. The van der Waals surface area contributed by atoms with Gasteiger partial charge in [-0.15, -0.1) is 23.7 Å². The Hall–Kier alpha value is -0.400. The van der Waals surface area contributed by atoms with Crippen LogP contribution in [0.5, 0.6) is 0 Å². The number of aromatic nitrogens is 1. The number of halogens is 1. The molecular weight excluding hydrogens is 320 g/mol. The van der Waals surface area contributed by atoms with Gasteiger partial charge in [0.05, 0.1) is 13.2 Å².